The minimum atomic E-state index is -0.226. The molecule has 0 saturated carbocycles. The van der Waals surface area contributed by atoms with Crippen molar-refractivity contribution in [3.8, 4) is 0 Å². The minimum absolute atomic E-state index is 0.188. The summed E-state index contributed by atoms with van der Waals surface area (Å²) in [7, 11) is 1.57. The highest BCUT2D eigenvalue weighted by molar-refractivity contribution is 5.91. The zero-order valence-electron chi connectivity index (χ0n) is 10.9. The third-order valence-corrected chi connectivity index (χ3v) is 4.08. The number of carbonyl (C=O) groups is 1. The Morgan fingerprint density at radius 2 is 2.00 bits per heavy atom. The maximum atomic E-state index is 11.4. The number of aliphatic hydroxyl groups excluding tert-OH is 1. The first-order chi connectivity index (χ1) is 9.19. The summed E-state index contributed by atoms with van der Waals surface area (Å²) in [5, 5.41) is 20.5. The van der Waals surface area contributed by atoms with Crippen LogP contribution in [0.4, 0.5) is 5.82 Å². The number of amides is 1. The molecule has 2 atom stereocenters. The van der Waals surface area contributed by atoms with E-state index in [-0.39, 0.29) is 12.0 Å². The van der Waals surface area contributed by atoms with E-state index in [2.05, 4.69) is 20.4 Å². The molecule has 0 spiro atoms. The van der Waals surface area contributed by atoms with E-state index in [0.717, 1.165) is 31.5 Å². The van der Waals surface area contributed by atoms with Crippen LogP contribution < -0.4 is 10.2 Å². The van der Waals surface area contributed by atoms with Gasteiger partial charge in [-0.05, 0) is 37.8 Å². The van der Waals surface area contributed by atoms with Gasteiger partial charge in [-0.25, -0.2) is 0 Å². The van der Waals surface area contributed by atoms with Gasteiger partial charge in [-0.15, -0.1) is 10.2 Å². The van der Waals surface area contributed by atoms with E-state index in [1.807, 2.05) is 6.07 Å². The maximum absolute atomic E-state index is 11.4. The first kappa shape index (κ1) is 12.3. The van der Waals surface area contributed by atoms with Crippen LogP contribution in [0.1, 0.15) is 36.2 Å². The molecule has 102 valence electrons. The molecule has 1 aromatic rings. The topological polar surface area (TPSA) is 78.4 Å². The van der Waals surface area contributed by atoms with Crippen molar-refractivity contribution in [1.29, 1.82) is 0 Å². The number of aromatic nitrogens is 2. The van der Waals surface area contributed by atoms with Crippen molar-refractivity contribution < 1.29 is 9.90 Å². The fraction of sp³-hybridized carbons (Fsp3) is 0.615. The molecule has 0 aromatic carbocycles. The highest BCUT2D eigenvalue weighted by atomic mass is 16.3. The second kappa shape index (κ2) is 4.77. The predicted octanol–water partition coefficient (Wildman–Crippen LogP) is 0.328. The van der Waals surface area contributed by atoms with Crippen LogP contribution in [-0.2, 0) is 0 Å². The van der Waals surface area contributed by atoms with Gasteiger partial charge in [0.05, 0.1) is 6.10 Å². The number of fused-ring (bicyclic) bond motifs is 2. The molecule has 2 bridgehead atoms. The Labute approximate surface area is 111 Å². The number of nitrogens with one attached hydrogen (secondary N) is 1. The lowest BCUT2D eigenvalue weighted by Gasteiger charge is -2.37. The van der Waals surface area contributed by atoms with Crippen LogP contribution in [0.5, 0.6) is 0 Å². The molecule has 2 aliphatic heterocycles. The normalized spacial score (nSPS) is 29.4. The fourth-order valence-electron chi connectivity index (χ4n) is 3.23. The van der Waals surface area contributed by atoms with Crippen molar-refractivity contribution >= 4 is 11.7 Å². The SMILES string of the molecule is CNC(=O)c1ccc(N2C3CCC2CC(O)C3)nn1. The van der Waals surface area contributed by atoms with Crippen molar-refractivity contribution in [3.05, 3.63) is 17.8 Å². The summed E-state index contributed by atoms with van der Waals surface area (Å²) >= 11 is 0. The van der Waals surface area contributed by atoms with Gasteiger partial charge in [-0.2, -0.15) is 0 Å². The zero-order valence-corrected chi connectivity index (χ0v) is 10.9. The van der Waals surface area contributed by atoms with Crippen LogP contribution in [-0.4, -0.2) is 46.4 Å². The van der Waals surface area contributed by atoms with E-state index in [9.17, 15) is 9.90 Å². The summed E-state index contributed by atoms with van der Waals surface area (Å²) in [6, 6.07) is 4.26. The first-order valence-electron chi connectivity index (χ1n) is 6.71. The van der Waals surface area contributed by atoms with Crippen LogP contribution in [0, 0.1) is 0 Å². The van der Waals surface area contributed by atoms with Crippen molar-refractivity contribution in [2.24, 2.45) is 0 Å². The van der Waals surface area contributed by atoms with Crippen LogP contribution in [0.3, 0.4) is 0 Å². The minimum Gasteiger partial charge on any atom is -0.393 e. The zero-order chi connectivity index (χ0) is 13.4. The van der Waals surface area contributed by atoms with Gasteiger partial charge in [0.25, 0.3) is 5.91 Å². The lowest BCUT2D eigenvalue weighted by Crippen LogP contribution is -2.45. The van der Waals surface area contributed by atoms with Crippen LogP contribution >= 0.6 is 0 Å². The highest BCUT2D eigenvalue weighted by Crippen LogP contribution is 2.38. The Bertz CT molecular complexity index is 462. The predicted molar refractivity (Wildman–Crippen MR) is 70.0 cm³/mol. The Morgan fingerprint density at radius 3 is 2.53 bits per heavy atom. The fourth-order valence-corrected chi connectivity index (χ4v) is 3.23. The standard InChI is InChI=1S/C13H18N4O2/c1-14-13(19)11-4-5-12(16-15-11)17-8-2-3-9(17)7-10(18)6-8/h4-5,8-10,18H,2-3,6-7H2,1H3,(H,14,19). The number of aliphatic hydroxyl groups is 1. The number of rotatable bonds is 2. The molecule has 2 aliphatic rings. The van der Waals surface area contributed by atoms with Crippen LogP contribution in [0.2, 0.25) is 0 Å². The maximum Gasteiger partial charge on any atom is 0.271 e. The average molecular weight is 262 g/mol. The molecule has 2 fully saturated rings. The number of piperidine rings is 1. The average Bonchev–Trinajstić information content (AvgIpc) is 2.70. The molecule has 2 saturated heterocycles. The van der Waals surface area contributed by atoms with Crippen molar-refractivity contribution in [2.45, 2.75) is 43.9 Å². The molecule has 3 heterocycles. The van der Waals surface area contributed by atoms with E-state index >= 15 is 0 Å². The van der Waals surface area contributed by atoms with E-state index in [1.54, 1.807) is 13.1 Å². The summed E-state index contributed by atoms with van der Waals surface area (Å²) in [6.45, 7) is 0. The van der Waals surface area contributed by atoms with Gasteiger partial charge in [0.1, 0.15) is 0 Å². The first-order valence-corrected chi connectivity index (χ1v) is 6.71. The quantitative estimate of drug-likeness (QED) is 0.803. The van der Waals surface area contributed by atoms with Gasteiger partial charge in [-0.1, -0.05) is 0 Å². The Kier molecular flexibility index (Phi) is 3.10. The van der Waals surface area contributed by atoms with Crippen molar-refractivity contribution in [3.63, 3.8) is 0 Å². The third kappa shape index (κ3) is 2.16. The van der Waals surface area contributed by atoms with E-state index in [4.69, 9.17) is 0 Å². The van der Waals surface area contributed by atoms with Crippen LogP contribution in [0.15, 0.2) is 12.1 Å². The molecule has 1 amide bonds. The number of hydrogen-bond donors (Lipinski definition) is 2. The monoisotopic (exact) mass is 262 g/mol. The number of nitrogens with zero attached hydrogens (tertiary/aromatic N) is 3. The Hall–Kier alpha value is -1.69. The van der Waals surface area contributed by atoms with Gasteiger partial charge < -0.3 is 15.3 Å². The molecule has 6 heteroatoms. The van der Waals surface area contributed by atoms with E-state index in [1.165, 1.54) is 0 Å². The van der Waals surface area contributed by atoms with Crippen molar-refractivity contribution in [2.75, 3.05) is 11.9 Å². The smallest absolute Gasteiger partial charge is 0.271 e. The molecule has 1 aromatic heterocycles. The summed E-state index contributed by atoms with van der Waals surface area (Å²) in [6.07, 6.45) is 3.61. The van der Waals surface area contributed by atoms with Crippen molar-refractivity contribution in [1.82, 2.24) is 15.5 Å². The number of carbonyl (C=O) groups excluding carboxylic acids is 1. The third-order valence-electron chi connectivity index (χ3n) is 4.08. The lowest BCUT2D eigenvalue weighted by molar-refractivity contribution is 0.0957. The van der Waals surface area contributed by atoms with Gasteiger partial charge in [0.15, 0.2) is 11.5 Å². The summed E-state index contributed by atoms with van der Waals surface area (Å²) in [5.41, 5.74) is 0.329. The molecule has 19 heavy (non-hydrogen) atoms. The van der Waals surface area contributed by atoms with E-state index in [0.29, 0.717) is 17.8 Å². The van der Waals surface area contributed by atoms with Crippen LogP contribution in [0.25, 0.3) is 0 Å². The molecule has 0 aliphatic carbocycles. The van der Waals surface area contributed by atoms with Gasteiger partial charge in [0, 0.05) is 19.1 Å². The second-order valence-electron chi connectivity index (χ2n) is 5.27. The van der Waals surface area contributed by atoms with Gasteiger partial charge in [-0.3, -0.25) is 4.79 Å². The van der Waals surface area contributed by atoms with Gasteiger partial charge >= 0.3 is 0 Å². The summed E-state index contributed by atoms with van der Waals surface area (Å²) in [4.78, 5) is 13.7. The highest BCUT2D eigenvalue weighted by Gasteiger charge is 2.40. The Morgan fingerprint density at radius 1 is 1.32 bits per heavy atom. The number of anilines is 1. The molecule has 0 radical (unpaired) electrons. The largest absolute Gasteiger partial charge is 0.393 e. The molecular weight excluding hydrogens is 244 g/mol. The van der Waals surface area contributed by atoms with E-state index < -0.39 is 0 Å². The second-order valence-corrected chi connectivity index (χ2v) is 5.27. The van der Waals surface area contributed by atoms with Gasteiger partial charge in [0.2, 0.25) is 0 Å². The number of hydrogen-bond acceptors (Lipinski definition) is 5. The molecule has 2 unspecified atom stereocenters. The molecule has 2 N–H and O–H groups in total. The summed E-state index contributed by atoms with van der Waals surface area (Å²) < 4.78 is 0. The molecule has 3 rings (SSSR count). The lowest BCUT2D eigenvalue weighted by atomic mass is 10.00. The summed E-state index contributed by atoms with van der Waals surface area (Å²) in [5.74, 6) is 0.586. The molecular formula is C13H18N4O2. The molecule has 6 nitrogen and oxygen atoms in total. The Balaban J connectivity index is 1.81.